The Kier molecular flexibility index (Phi) is 1.62. The standard InChI is InChI=1S/C7H4BrClN2/c8-7-6-5(9)2-1-3-11(6)4-10-7/h1-4H. The Balaban J connectivity index is 2.96. The van der Waals surface area contributed by atoms with Crippen molar-refractivity contribution in [3.63, 3.8) is 0 Å². The molecule has 0 amide bonds. The Morgan fingerprint density at radius 1 is 1.55 bits per heavy atom. The van der Waals surface area contributed by atoms with Gasteiger partial charge in [0.2, 0.25) is 0 Å². The van der Waals surface area contributed by atoms with Crippen LogP contribution < -0.4 is 0 Å². The first-order chi connectivity index (χ1) is 5.29. The normalized spacial score (nSPS) is 10.7. The molecule has 2 rings (SSSR count). The second kappa shape index (κ2) is 2.50. The van der Waals surface area contributed by atoms with Crippen molar-refractivity contribution in [1.29, 1.82) is 0 Å². The van der Waals surface area contributed by atoms with Crippen LogP contribution in [0.3, 0.4) is 0 Å². The quantitative estimate of drug-likeness (QED) is 0.681. The number of pyridine rings is 1. The third-order valence-corrected chi connectivity index (χ3v) is 2.35. The highest BCUT2D eigenvalue weighted by molar-refractivity contribution is 9.10. The number of hydrogen-bond acceptors (Lipinski definition) is 1. The molecule has 0 fully saturated rings. The zero-order chi connectivity index (χ0) is 7.84. The summed E-state index contributed by atoms with van der Waals surface area (Å²) < 4.78 is 2.65. The topological polar surface area (TPSA) is 17.3 Å². The van der Waals surface area contributed by atoms with Crippen LogP contribution in [0.15, 0.2) is 29.3 Å². The SMILES string of the molecule is Clc1cccn2cnc(Br)c12. The second-order valence-corrected chi connectivity index (χ2v) is 3.31. The van der Waals surface area contributed by atoms with Crippen molar-refractivity contribution in [1.82, 2.24) is 9.38 Å². The predicted octanol–water partition coefficient (Wildman–Crippen LogP) is 2.75. The van der Waals surface area contributed by atoms with E-state index in [0.29, 0.717) is 5.02 Å². The van der Waals surface area contributed by atoms with Crippen LogP contribution in [0.4, 0.5) is 0 Å². The molecule has 0 bridgehead atoms. The van der Waals surface area contributed by atoms with Crippen LogP contribution in [0, 0.1) is 0 Å². The van der Waals surface area contributed by atoms with Crippen molar-refractivity contribution in [2.75, 3.05) is 0 Å². The lowest BCUT2D eigenvalue weighted by Crippen LogP contribution is -1.79. The van der Waals surface area contributed by atoms with Gasteiger partial charge in [0.05, 0.1) is 10.5 Å². The van der Waals surface area contributed by atoms with Gasteiger partial charge in [-0.25, -0.2) is 4.98 Å². The van der Waals surface area contributed by atoms with Crippen LogP contribution in [0.2, 0.25) is 5.02 Å². The van der Waals surface area contributed by atoms with Gasteiger partial charge in [0.25, 0.3) is 0 Å². The van der Waals surface area contributed by atoms with E-state index in [1.165, 1.54) is 0 Å². The van der Waals surface area contributed by atoms with Crippen LogP contribution >= 0.6 is 27.5 Å². The summed E-state index contributed by atoms with van der Waals surface area (Å²) >= 11 is 9.21. The Morgan fingerprint density at radius 2 is 2.36 bits per heavy atom. The predicted molar refractivity (Wildman–Crippen MR) is 47.9 cm³/mol. The maximum Gasteiger partial charge on any atom is 0.133 e. The third kappa shape index (κ3) is 1.04. The Hall–Kier alpha value is -0.540. The Morgan fingerprint density at radius 3 is 3.09 bits per heavy atom. The number of hydrogen-bond donors (Lipinski definition) is 0. The Bertz CT molecular complexity index is 396. The molecule has 2 nitrogen and oxygen atoms in total. The molecule has 0 aromatic carbocycles. The van der Waals surface area contributed by atoms with Crippen LogP contribution in [-0.2, 0) is 0 Å². The molecule has 0 atom stereocenters. The third-order valence-electron chi connectivity index (χ3n) is 1.46. The van der Waals surface area contributed by atoms with Gasteiger partial charge < -0.3 is 4.40 Å². The van der Waals surface area contributed by atoms with Gasteiger partial charge in [-0.1, -0.05) is 11.6 Å². The van der Waals surface area contributed by atoms with E-state index in [0.717, 1.165) is 10.1 Å². The van der Waals surface area contributed by atoms with E-state index in [1.54, 1.807) is 6.33 Å². The zero-order valence-corrected chi connectivity index (χ0v) is 7.80. The molecule has 0 saturated carbocycles. The number of nitrogens with zero attached hydrogens (tertiary/aromatic N) is 2. The van der Waals surface area contributed by atoms with Crippen molar-refractivity contribution < 1.29 is 0 Å². The summed E-state index contributed by atoms with van der Waals surface area (Å²) in [5.74, 6) is 0. The highest BCUT2D eigenvalue weighted by Crippen LogP contribution is 2.23. The van der Waals surface area contributed by atoms with Crippen molar-refractivity contribution in [3.05, 3.63) is 34.3 Å². The highest BCUT2D eigenvalue weighted by Gasteiger charge is 2.03. The molecular formula is C7H4BrClN2. The molecule has 0 saturated heterocycles. The summed E-state index contributed by atoms with van der Waals surface area (Å²) in [4.78, 5) is 4.05. The molecule has 2 aromatic rings. The molecule has 0 spiro atoms. The molecular weight excluding hydrogens is 227 g/mol. The molecule has 0 aliphatic rings. The number of fused-ring (bicyclic) bond motifs is 1. The number of imidazole rings is 1. The number of rotatable bonds is 0. The van der Waals surface area contributed by atoms with Gasteiger partial charge in [0.15, 0.2) is 0 Å². The smallest absolute Gasteiger partial charge is 0.133 e. The zero-order valence-electron chi connectivity index (χ0n) is 5.46. The average Bonchev–Trinajstić information content (AvgIpc) is 2.34. The van der Waals surface area contributed by atoms with E-state index in [-0.39, 0.29) is 0 Å². The van der Waals surface area contributed by atoms with Gasteiger partial charge in [0.1, 0.15) is 10.9 Å². The lowest BCUT2D eigenvalue weighted by molar-refractivity contribution is 1.15. The van der Waals surface area contributed by atoms with Gasteiger partial charge in [-0.2, -0.15) is 0 Å². The fourth-order valence-electron chi connectivity index (χ4n) is 0.972. The second-order valence-electron chi connectivity index (χ2n) is 2.15. The van der Waals surface area contributed by atoms with E-state index < -0.39 is 0 Å². The molecule has 2 heterocycles. The van der Waals surface area contributed by atoms with E-state index in [2.05, 4.69) is 20.9 Å². The van der Waals surface area contributed by atoms with E-state index in [9.17, 15) is 0 Å². The van der Waals surface area contributed by atoms with Crippen LogP contribution in [0.25, 0.3) is 5.52 Å². The highest BCUT2D eigenvalue weighted by atomic mass is 79.9. The average molecular weight is 231 g/mol. The largest absolute Gasteiger partial charge is 0.304 e. The van der Waals surface area contributed by atoms with Gasteiger partial charge in [-0.3, -0.25) is 0 Å². The molecule has 0 unspecified atom stereocenters. The first kappa shape index (κ1) is 7.13. The van der Waals surface area contributed by atoms with E-state index in [4.69, 9.17) is 11.6 Å². The maximum atomic E-state index is 5.91. The molecule has 4 heteroatoms. The lowest BCUT2D eigenvalue weighted by atomic mass is 10.4. The first-order valence-corrected chi connectivity index (χ1v) is 4.23. The van der Waals surface area contributed by atoms with Gasteiger partial charge in [-0.05, 0) is 28.1 Å². The van der Waals surface area contributed by atoms with Crippen LogP contribution in [-0.4, -0.2) is 9.38 Å². The van der Waals surface area contributed by atoms with E-state index >= 15 is 0 Å². The van der Waals surface area contributed by atoms with Crippen LogP contribution in [0.1, 0.15) is 0 Å². The summed E-state index contributed by atoms with van der Waals surface area (Å²) in [5, 5.41) is 0.705. The Labute approximate surface area is 76.9 Å². The molecule has 0 N–H and O–H groups in total. The summed E-state index contributed by atoms with van der Waals surface area (Å²) in [6, 6.07) is 3.72. The lowest BCUT2D eigenvalue weighted by Gasteiger charge is -1.94. The van der Waals surface area contributed by atoms with Gasteiger partial charge >= 0.3 is 0 Å². The summed E-state index contributed by atoms with van der Waals surface area (Å²) in [7, 11) is 0. The van der Waals surface area contributed by atoms with Gasteiger partial charge in [-0.15, -0.1) is 0 Å². The maximum absolute atomic E-state index is 5.91. The van der Waals surface area contributed by atoms with E-state index in [1.807, 2.05) is 22.7 Å². The minimum Gasteiger partial charge on any atom is -0.304 e. The first-order valence-electron chi connectivity index (χ1n) is 3.06. The fraction of sp³-hybridized carbons (Fsp3) is 0. The summed E-state index contributed by atoms with van der Waals surface area (Å²) in [6.45, 7) is 0. The van der Waals surface area contributed by atoms with Crippen molar-refractivity contribution >= 4 is 33.0 Å². The molecule has 0 aliphatic heterocycles. The fourth-order valence-corrected chi connectivity index (χ4v) is 1.86. The number of aromatic nitrogens is 2. The minimum absolute atomic E-state index is 0.705. The monoisotopic (exact) mass is 230 g/mol. The molecule has 0 aliphatic carbocycles. The molecule has 2 aromatic heterocycles. The molecule has 11 heavy (non-hydrogen) atoms. The van der Waals surface area contributed by atoms with Gasteiger partial charge in [0, 0.05) is 6.20 Å². The molecule has 0 radical (unpaired) electrons. The summed E-state index contributed by atoms with van der Waals surface area (Å²) in [6.07, 6.45) is 3.62. The number of halogens is 2. The van der Waals surface area contributed by atoms with Crippen LogP contribution in [0.5, 0.6) is 0 Å². The summed E-state index contributed by atoms with van der Waals surface area (Å²) in [5.41, 5.74) is 0.911. The molecule has 56 valence electrons. The van der Waals surface area contributed by atoms with Crippen molar-refractivity contribution in [2.24, 2.45) is 0 Å². The van der Waals surface area contributed by atoms with Crippen molar-refractivity contribution in [3.8, 4) is 0 Å². The minimum atomic E-state index is 0.705. The van der Waals surface area contributed by atoms with Crippen molar-refractivity contribution in [2.45, 2.75) is 0 Å².